The molecule has 1 aromatic heterocycles. The van der Waals surface area contributed by atoms with Crippen molar-refractivity contribution in [2.75, 3.05) is 5.32 Å². The van der Waals surface area contributed by atoms with E-state index in [1.807, 2.05) is 0 Å². The molecule has 1 heterocycles. The van der Waals surface area contributed by atoms with Crippen LogP contribution >= 0.6 is 23.2 Å². The quantitative estimate of drug-likeness (QED) is 0.563. The zero-order valence-electron chi connectivity index (χ0n) is 14.9. The molecule has 28 heavy (non-hydrogen) atoms. The molecule has 0 fully saturated rings. The molecule has 2 aromatic carbocycles. The van der Waals surface area contributed by atoms with E-state index in [0.29, 0.717) is 33.5 Å². The van der Waals surface area contributed by atoms with E-state index in [1.54, 1.807) is 60.9 Å². The molecule has 2 amide bonds. The van der Waals surface area contributed by atoms with Crippen LogP contribution in [0.15, 0.2) is 65.3 Å². The van der Waals surface area contributed by atoms with Gasteiger partial charge in [0.25, 0.3) is 5.91 Å². The monoisotopic (exact) mass is 416 g/mol. The predicted molar refractivity (Wildman–Crippen MR) is 110 cm³/mol. The highest BCUT2D eigenvalue weighted by Gasteiger charge is 2.14. The van der Waals surface area contributed by atoms with Crippen molar-refractivity contribution in [1.29, 1.82) is 0 Å². The van der Waals surface area contributed by atoms with Crippen molar-refractivity contribution in [3.05, 3.63) is 87.8 Å². The highest BCUT2D eigenvalue weighted by molar-refractivity contribution is 6.36. The smallest absolute Gasteiger partial charge is 0.253 e. The average molecular weight is 417 g/mol. The zero-order chi connectivity index (χ0) is 19.9. The van der Waals surface area contributed by atoms with Gasteiger partial charge in [-0.05, 0) is 48.4 Å². The number of para-hydroxylation sites is 1. The molecule has 144 valence electrons. The van der Waals surface area contributed by atoms with Crippen molar-refractivity contribution in [1.82, 2.24) is 5.32 Å². The van der Waals surface area contributed by atoms with Crippen LogP contribution in [-0.2, 0) is 17.8 Å². The van der Waals surface area contributed by atoms with Gasteiger partial charge in [-0.1, -0.05) is 41.4 Å². The first-order valence-corrected chi connectivity index (χ1v) is 9.42. The lowest BCUT2D eigenvalue weighted by atomic mass is 10.1. The number of carbonyl (C=O) groups is 2. The summed E-state index contributed by atoms with van der Waals surface area (Å²) in [5.41, 5.74) is 1.54. The number of anilines is 1. The molecule has 0 spiro atoms. The summed E-state index contributed by atoms with van der Waals surface area (Å²) < 4.78 is 5.20. The molecule has 0 atom stereocenters. The summed E-state index contributed by atoms with van der Waals surface area (Å²) in [4.78, 5) is 24.9. The maximum absolute atomic E-state index is 12.5. The summed E-state index contributed by atoms with van der Waals surface area (Å²) in [6.07, 6.45) is 2.13. The third-order valence-electron chi connectivity index (χ3n) is 4.11. The largest absolute Gasteiger partial charge is 0.467 e. The van der Waals surface area contributed by atoms with Gasteiger partial charge >= 0.3 is 0 Å². The molecule has 0 bridgehead atoms. The van der Waals surface area contributed by atoms with Gasteiger partial charge in [-0.25, -0.2) is 0 Å². The summed E-state index contributed by atoms with van der Waals surface area (Å²) in [6.45, 7) is 0.263. The van der Waals surface area contributed by atoms with Crippen LogP contribution in [0, 0.1) is 0 Å². The standard InChI is InChI=1S/C21H18Cl2N2O3/c22-17-7-3-8-18(23)15(17)10-11-20(26)25-19-9-2-1-6-16(19)21(27)24-13-14-5-4-12-28-14/h1-9,12H,10-11,13H2,(H,24,27)(H,25,26). The Bertz CT molecular complexity index is 951. The van der Waals surface area contributed by atoms with Crippen LogP contribution in [0.3, 0.4) is 0 Å². The summed E-state index contributed by atoms with van der Waals surface area (Å²) in [5.74, 6) is 0.107. The Morgan fingerprint density at radius 3 is 2.39 bits per heavy atom. The van der Waals surface area contributed by atoms with Crippen LogP contribution < -0.4 is 10.6 Å². The third-order valence-corrected chi connectivity index (χ3v) is 4.82. The lowest BCUT2D eigenvalue weighted by Crippen LogP contribution is -2.24. The van der Waals surface area contributed by atoms with Gasteiger partial charge in [-0.15, -0.1) is 0 Å². The van der Waals surface area contributed by atoms with Gasteiger partial charge in [0.2, 0.25) is 5.91 Å². The molecule has 3 aromatic rings. The Hall–Kier alpha value is -2.76. The number of hydrogen-bond acceptors (Lipinski definition) is 3. The van der Waals surface area contributed by atoms with Crippen LogP contribution in [0.25, 0.3) is 0 Å². The first-order chi connectivity index (χ1) is 13.5. The minimum absolute atomic E-state index is 0.186. The maximum atomic E-state index is 12.5. The van der Waals surface area contributed by atoms with E-state index < -0.39 is 0 Å². The maximum Gasteiger partial charge on any atom is 0.253 e. The van der Waals surface area contributed by atoms with Crippen molar-refractivity contribution in [3.8, 4) is 0 Å². The van der Waals surface area contributed by atoms with Gasteiger partial charge in [0, 0.05) is 16.5 Å². The Kier molecular flexibility index (Phi) is 6.74. The number of amides is 2. The van der Waals surface area contributed by atoms with Crippen LogP contribution in [-0.4, -0.2) is 11.8 Å². The fraction of sp³-hybridized carbons (Fsp3) is 0.143. The van der Waals surface area contributed by atoms with Crippen LogP contribution in [0.2, 0.25) is 10.0 Å². The number of rotatable bonds is 7. The molecule has 0 saturated carbocycles. The lowest BCUT2D eigenvalue weighted by molar-refractivity contribution is -0.116. The summed E-state index contributed by atoms with van der Waals surface area (Å²) in [6, 6.07) is 15.6. The van der Waals surface area contributed by atoms with E-state index in [9.17, 15) is 9.59 Å². The van der Waals surface area contributed by atoms with Crippen LogP contribution in [0.1, 0.15) is 28.1 Å². The minimum atomic E-state index is -0.304. The molecule has 0 aliphatic carbocycles. The lowest BCUT2D eigenvalue weighted by Gasteiger charge is -2.12. The predicted octanol–water partition coefficient (Wildman–Crippen LogP) is 5.09. The van der Waals surface area contributed by atoms with Gasteiger partial charge in [0.05, 0.1) is 24.1 Å². The molecule has 0 aliphatic rings. The molecule has 0 radical (unpaired) electrons. The first-order valence-electron chi connectivity index (χ1n) is 8.67. The van der Waals surface area contributed by atoms with E-state index in [-0.39, 0.29) is 24.8 Å². The Balaban J connectivity index is 1.62. The van der Waals surface area contributed by atoms with Gasteiger partial charge < -0.3 is 15.1 Å². The number of carbonyl (C=O) groups excluding carboxylic acids is 2. The van der Waals surface area contributed by atoms with Gasteiger partial charge in [-0.2, -0.15) is 0 Å². The Labute approximate surface area is 172 Å². The van der Waals surface area contributed by atoms with Gasteiger partial charge in [-0.3, -0.25) is 9.59 Å². The topological polar surface area (TPSA) is 71.3 Å². The molecule has 0 saturated heterocycles. The van der Waals surface area contributed by atoms with Gasteiger partial charge in [0.15, 0.2) is 0 Å². The number of benzene rings is 2. The fourth-order valence-corrected chi connectivity index (χ4v) is 3.27. The van der Waals surface area contributed by atoms with Crippen LogP contribution in [0.4, 0.5) is 5.69 Å². The Morgan fingerprint density at radius 2 is 1.68 bits per heavy atom. The number of halogens is 2. The van der Waals surface area contributed by atoms with Crippen molar-refractivity contribution >= 4 is 40.7 Å². The molecule has 3 rings (SSSR count). The SMILES string of the molecule is O=C(CCc1c(Cl)cccc1Cl)Nc1ccccc1C(=O)NCc1ccco1. The highest BCUT2D eigenvalue weighted by atomic mass is 35.5. The summed E-state index contributed by atoms with van der Waals surface area (Å²) >= 11 is 12.3. The second kappa shape index (κ2) is 9.44. The van der Waals surface area contributed by atoms with Crippen molar-refractivity contribution < 1.29 is 14.0 Å². The highest BCUT2D eigenvalue weighted by Crippen LogP contribution is 2.25. The molecular formula is C21H18Cl2N2O3. The molecule has 0 aliphatic heterocycles. The molecule has 7 heteroatoms. The van der Waals surface area contributed by atoms with Crippen molar-refractivity contribution in [2.45, 2.75) is 19.4 Å². The first kappa shape index (κ1) is 20.0. The summed E-state index contributed by atoms with van der Waals surface area (Å²) in [5, 5.41) is 6.61. The number of nitrogens with one attached hydrogen (secondary N) is 2. The van der Waals surface area contributed by atoms with E-state index in [4.69, 9.17) is 27.6 Å². The second-order valence-electron chi connectivity index (χ2n) is 6.06. The van der Waals surface area contributed by atoms with E-state index >= 15 is 0 Å². The van der Waals surface area contributed by atoms with Gasteiger partial charge in [0.1, 0.15) is 5.76 Å². The molecule has 5 nitrogen and oxygen atoms in total. The normalized spacial score (nSPS) is 10.5. The van der Waals surface area contributed by atoms with Crippen LogP contribution in [0.5, 0.6) is 0 Å². The average Bonchev–Trinajstić information content (AvgIpc) is 3.20. The number of hydrogen-bond donors (Lipinski definition) is 2. The van der Waals surface area contributed by atoms with Crippen molar-refractivity contribution in [2.24, 2.45) is 0 Å². The molecule has 2 N–H and O–H groups in total. The third kappa shape index (κ3) is 5.15. The zero-order valence-corrected chi connectivity index (χ0v) is 16.4. The second-order valence-corrected chi connectivity index (χ2v) is 6.87. The Morgan fingerprint density at radius 1 is 0.929 bits per heavy atom. The van der Waals surface area contributed by atoms with Crippen molar-refractivity contribution in [3.63, 3.8) is 0 Å². The fourth-order valence-electron chi connectivity index (χ4n) is 2.69. The molecular weight excluding hydrogens is 399 g/mol. The van der Waals surface area contributed by atoms with E-state index in [0.717, 1.165) is 5.56 Å². The molecule has 0 unspecified atom stereocenters. The van der Waals surface area contributed by atoms with E-state index in [1.165, 1.54) is 0 Å². The van der Waals surface area contributed by atoms with E-state index in [2.05, 4.69) is 10.6 Å². The number of furan rings is 1. The minimum Gasteiger partial charge on any atom is -0.467 e. The summed E-state index contributed by atoms with van der Waals surface area (Å²) in [7, 11) is 0.